The second-order valence-corrected chi connectivity index (χ2v) is 8.83. The Kier molecular flexibility index (Phi) is 6.61. The number of anilines is 1. The molecule has 9 heteroatoms. The highest BCUT2D eigenvalue weighted by Gasteiger charge is 2.42. The lowest BCUT2D eigenvalue weighted by Crippen LogP contribution is -2.40. The molecule has 0 bridgehead atoms. The largest absolute Gasteiger partial charge is 0.466 e. The van der Waals surface area contributed by atoms with Gasteiger partial charge in [0.2, 0.25) is 0 Å². The molecule has 194 valence electrons. The van der Waals surface area contributed by atoms with E-state index >= 15 is 0 Å². The van der Waals surface area contributed by atoms with Gasteiger partial charge in [-0.15, -0.1) is 0 Å². The van der Waals surface area contributed by atoms with Crippen molar-refractivity contribution in [2.75, 3.05) is 19.1 Å². The highest BCUT2D eigenvalue weighted by atomic mass is 16.5. The first-order valence-corrected chi connectivity index (χ1v) is 12.1. The summed E-state index contributed by atoms with van der Waals surface area (Å²) in [4.78, 5) is 32.4. The summed E-state index contributed by atoms with van der Waals surface area (Å²) in [5.74, 6) is -1.67. The number of hydrogen-bond donors (Lipinski definition) is 1. The van der Waals surface area contributed by atoms with E-state index in [4.69, 9.17) is 15.2 Å². The van der Waals surface area contributed by atoms with Crippen LogP contribution in [0.1, 0.15) is 17.3 Å². The van der Waals surface area contributed by atoms with Gasteiger partial charge in [-0.25, -0.2) is 14.6 Å². The number of nitrogens with zero attached hydrogens (tertiary/aromatic N) is 4. The maximum atomic E-state index is 13.2. The zero-order valence-electron chi connectivity index (χ0n) is 21.6. The second-order valence-electron chi connectivity index (χ2n) is 8.83. The average molecular weight is 520 g/mol. The lowest BCUT2D eigenvalue weighted by molar-refractivity contribution is -0.139. The van der Waals surface area contributed by atoms with Gasteiger partial charge >= 0.3 is 11.9 Å². The Hall–Kier alpha value is -5.36. The van der Waals surface area contributed by atoms with Gasteiger partial charge < -0.3 is 15.2 Å². The zero-order chi connectivity index (χ0) is 27.7. The van der Waals surface area contributed by atoms with Crippen LogP contribution in [0.3, 0.4) is 0 Å². The van der Waals surface area contributed by atoms with Gasteiger partial charge in [0, 0.05) is 11.4 Å². The molecule has 3 aromatic carbocycles. The van der Waals surface area contributed by atoms with Crippen LogP contribution in [0, 0.1) is 18.3 Å². The second kappa shape index (κ2) is 10.2. The molecule has 0 saturated carbocycles. The summed E-state index contributed by atoms with van der Waals surface area (Å²) in [6.07, 6.45) is 0. The number of nitriles is 1. The van der Waals surface area contributed by atoms with Crippen LogP contribution in [0.25, 0.3) is 16.7 Å². The average Bonchev–Trinajstić information content (AvgIpc) is 3.31. The number of carbonyl (C=O) groups is 2. The first kappa shape index (κ1) is 25.3. The number of aromatic nitrogens is 2. The first-order chi connectivity index (χ1) is 18.9. The van der Waals surface area contributed by atoms with E-state index < -0.39 is 17.9 Å². The quantitative estimate of drug-likeness (QED) is 0.389. The minimum Gasteiger partial charge on any atom is -0.466 e. The molecular formula is C30H25N5O4. The highest BCUT2D eigenvalue weighted by Crippen LogP contribution is 2.43. The van der Waals surface area contributed by atoms with E-state index in [1.807, 2.05) is 54.0 Å². The Morgan fingerprint density at radius 1 is 0.897 bits per heavy atom. The van der Waals surface area contributed by atoms with Crippen molar-refractivity contribution in [1.29, 1.82) is 5.26 Å². The molecule has 2 heterocycles. The van der Waals surface area contributed by atoms with Crippen LogP contribution in [-0.2, 0) is 19.1 Å². The number of nitrogens with two attached hydrogens (primary N) is 1. The van der Waals surface area contributed by atoms with Crippen LogP contribution >= 0.6 is 0 Å². The predicted molar refractivity (Wildman–Crippen MR) is 145 cm³/mol. The fourth-order valence-electron chi connectivity index (χ4n) is 5.00. The van der Waals surface area contributed by atoms with E-state index in [0.29, 0.717) is 11.3 Å². The minimum atomic E-state index is -0.923. The van der Waals surface area contributed by atoms with Gasteiger partial charge in [-0.1, -0.05) is 42.5 Å². The molecule has 1 atom stereocenters. The zero-order valence-corrected chi connectivity index (χ0v) is 21.6. The fourth-order valence-corrected chi connectivity index (χ4v) is 5.00. The van der Waals surface area contributed by atoms with Crippen molar-refractivity contribution in [3.63, 3.8) is 0 Å². The van der Waals surface area contributed by atoms with Crippen molar-refractivity contribution >= 4 is 28.7 Å². The molecule has 1 aromatic heterocycles. The fraction of sp³-hybridized carbons (Fsp3) is 0.133. The third kappa shape index (κ3) is 4.18. The first-order valence-electron chi connectivity index (χ1n) is 12.1. The summed E-state index contributed by atoms with van der Waals surface area (Å²) >= 11 is 0. The minimum absolute atomic E-state index is 0.0106. The molecule has 0 saturated heterocycles. The molecule has 39 heavy (non-hydrogen) atoms. The maximum absolute atomic E-state index is 13.2. The van der Waals surface area contributed by atoms with Crippen LogP contribution in [0.4, 0.5) is 5.69 Å². The van der Waals surface area contributed by atoms with Crippen LogP contribution in [0.5, 0.6) is 0 Å². The van der Waals surface area contributed by atoms with E-state index in [2.05, 4.69) is 11.1 Å². The van der Waals surface area contributed by atoms with Crippen LogP contribution in [0.2, 0.25) is 0 Å². The lowest BCUT2D eigenvalue weighted by Gasteiger charge is -2.36. The number of benzene rings is 3. The molecule has 4 aromatic rings. The summed E-state index contributed by atoms with van der Waals surface area (Å²) in [5, 5.41) is 10.2. The molecular weight excluding hydrogens is 494 g/mol. The number of methoxy groups -OCH3 is 2. The Labute approximate surface area is 225 Å². The summed E-state index contributed by atoms with van der Waals surface area (Å²) in [6.45, 7) is 1.92. The van der Waals surface area contributed by atoms with Gasteiger partial charge in [0.15, 0.2) is 0 Å². The molecule has 0 aliphatic carbocycles. The number of hydrogen-bond acceptors (Lipinski definition) is 8. The third-order valence-corrected chi connectivity index (χ3v) is 6.70. The molecule has 0 fully saturated rings. The number of aryl methyl sites for hydroxylation is 1. The molecule has 9 nitrogen and oxygen atoms in total. The predicted octanol–water partition coefficient (Wildman–Crippen LogP) is 4.23. The monoisotopic (exact) mass is 519 g/mol. The molecule has 1 unspecified atom stereocenters. The summed E-state index contributed by atoms with van der Waals surface area (Å²) in [5.41, 5.74) is 10.2. The summed E-state index contributed by atoms with van der Waals surface area (Å²) in [6, 6.07) is 26.1. The normalized spacial score (nSPS) is 15.3. The molecule has 2 N–H and O–H groups in total. The van der Waals surface area contributed by atoms with E-state index in [-0.39, 0.29) is 22.7 Å². The molecule has 0 radical (unpaired) electrons. The number of allylic oxidation sites excluding steroid dienone is 1. The maximum Gasteiger partial charge on any atom is 0.355 e. The van der Waals surface area contributed by atoms with Crippen LogP contribution in [0.15, 0.2) is 102 Å². The van der Waals surface area contributed by atoms with Gasteiger partial charge in [0.05, 0.1) is 48.4 Å². The molecule has 0 spiro atoms. The Morgan fingerprint density at radius 3 is 2.15 bits per heavy atom. The number of fused-ring (bicyclic) bond motifs is 1. The van der Waals surface area contributed by atoms with Gasteiger partial charge in [-0.05, 0) is 48.9 Å². The Balaban J connectivity index is 1.71. The van der Waals surface area contributed by atoms with E-state index in [1.165, 1.54) is 19.1 Å². The molecule has 0 amide bonds. The van der Waals surface area contributed by atoms with Gasteiger partial charge in [-0.2, -0.15) is 5.26 Å². The number of imidazole rings is 1. The number of ether oxygens (including phenoxy) is 2. The van der Waals surface area contributed by atoms with Crippen molar-refractivity contribution in [1.82, 2.24) is 9.55 Å². The van der Waals surface area contributed by atoms with Gasteiger partial charge in [0.1, 0.15) is 17.3 Å². The Bertz CT molecular complexity index is 1690. The number of para-hydroxylation sites is 2. The van der Waals surface area contributed by atoms with Crippen molar-refractivity contribution < 1.29 is 19.1 Å². The summed E-state index contributed by atoms with van der Waals surface area (Å²) in [7, 11) is 2.44. The van der Waals surface area contributed by atoms with Crippen molar-refractivity contribution in [3.8, 4) is 11.8 Å². The summed E-state index contributed by atoms with van der Waals surface area (Å²) < 4.78 is 12.2. The van der Waals surface area contributed by atoms with Crippen molar-refractivity contribution in [3.05, 3.63) is 113 Å². The smallest absolute Gasteiger partial charge is 0.355 e. The number of esters is 2. The van der Waals surface area contributed by atoms with E-state index in [9.17, 15) is 14.9 Å². The molecule has 1 aliphatic rings. The SMILES string of the molecule is COC(=O)C1=C(C(=O)OC)N(c2ccc(-n3c(C)nc4ccccc43)cc2)C(N)=C(C#N)C1c1ccccc1. The third-order valence-electron chi connectivity index (χ3n) is 6.70. The van der Waals surface area contributed by atoms with E-state index in [1.54, 1.807) is 36.4 Å². The van der Waals surface area contributed by atoms with Gasteiger partial charge in [0.25, 0.3) is 0 Å². The lowest BCUT2D eigenvalue weighted by atomic mass is 9.81. The molecule has 1 aliphatic heterocycles. The van der Waals surface area contributed by atoms with Gasteiger partial charge in [-0.3, -0.25) is 9.47 Å². The topological polar surface area (TPSA) is 123 Å². The van der Waals surface area contributed by atoms with Crippen LogP contribution < -0.4 is 10.6 Å². The standard InChI is InChI=1S/C30H25N5O4/c1-18-33-23-11-7-8-12-24(23)34(18)20-13-15-21(16-14-20)35-27(30(37)39-3)26(29(36)38-2)25(22(17-31)28(35)32)19-9-5-4-6-10-19/h4-16,25H,32H2,1-3H3. The number of carbonyl (C=O) groups excluding carboxylic acids is 2. The number of rotatable bonds is 5. The van der Waals surface area contributed by atoms with Crippen LogP contribution in [-0.4, -0.2) is 35.7 Å². The molecule has 5 rings (SSSR count). The van der Waals surface area contributed by atoms with E-state index in [0.717, 1.165) is 22.5 Å². The van der Waals surface area contributed by atoms with Crippen molar-refractivity contribution in [2.45, 2.75) is 12.8 Å². The van der Waals surface area contributed by atoms with Crippen molar-refractivity contribution in [2.24, 2.45) is 5.73 Å². The Morgan fingerprint density at radius 2 is 1.51 bits per heavy atom. The highest BCUT2D eigenvalue weighted by molar-refractivity contribution is 6.06.